The fourth-order valence-electron chi connectivity index (χ4n) is 11.3. The molecular formula is C64H112N14O18. The number of fused-ring (bicyclic) bond motifs is 1. The Morgan fingerprint density at radius 2 is 1.03 bits per heavy atom. The molecule has 0 radical (unpaired) electrons. The first-order valence-corrected chi connectivity index (χ1v) is 33.6. The van der Waals surface area contributed by atoms with Gasteiger partial charge in [-0.15, -0.1) is 0 Å². The van der Waals surface area contributed by atoms with Crippen molar-refractivity contribution in [3.8, 4) is 0 Å². The second-order valence-electron chi connectivity index (χ2n) is 27.2. The molecule has 0 unspecified atom stereocenters. The lowest BCUT2D eigenvalue weighted by molar-refractivity contribution is -0.146. The van der Waals surface area contributed by atoms with Crippen LogP contribution in [0.5, 0.6) is 0 Å². The number of rotatable bonds is 21. The van der Waals surface area contributed by atoms with Gasteiger partial charge in [0.1, 0.15) is 66.5 Å². The summed E-state index contributed by atoms with van der Waals surface area (Å²) < 4.78 is 0. The second-order valence-corrected chi connectivity index (χ2v) is 27.2. The Morgan fingerprint density at radius 3 is 1.55 bits per heavy atom. The number of amides is 14. The molecule has 32 nitrogen and oxygen atoms in total. The van der Waals surface area contributed by atoms with Crippen LogP contribution in [0.2, 0.25) is 0 Å². The van der Waals surface area contributed by atoms with Crippen molar-refractivity contribution in [2.24, 2.45) is 41.1 Å². The summed E-state index contributed by atoms with van der Waals surface area (Å²) in [6.45, 7) is 21.2. The van der Waals surface area contributed by atoms with Crippen LogP contribution in [0, 0.1) is 29.6 Å². The van der Waals surface area contributed by atoms with Gasteiger partial charge in [0.2, 0.25) is 82.7 Å². The highest BCUT2D eigenvalue weighted by Gasteiger charge is 2.46. The van der Waals surface area contributed by atoms with Gasteiger partial charge in [-0.2, -0.15) is 0 Å². The first-order valence-electron chi connectivity index (χ1n) is 33.6. The Morgan fingerprint density at radius 1 is 0.531 bits per heavy atom. The molecule has 17 atom stereocenters. The fourth-order valence-corrected chi connectivity index (χ4v) is 11.3. The Balaban J connectivity index is 2.94. The monoisotopic (exact) mass is 1360 g/mol. The lowest BCUT2D eigenvalue weighted by Gasteiger charge is -2.35. The van der Waals surface area contributed by atoms with Gasteiger partial charge in [0.25, 0.3) is 0 Å². The molecule has 0 aromatic rings. The number of nitrogens with zero attached hydrogens (tertiary/aromatic N) is 2. The van der Waals surface area contributed by atoms with E-state index in [4.69, 9.17) is 11.5 Å². The van der Waals surface area contributed by atoms with Crippen LogP contribution >= 0.6 is 0 Å². The zero-order chi connectivity index (χ0) is 73.3. The average Bonchev–Trinajstić information content (AvgIpc) is 1.52. The van der Waals surface area contributed by atoms with Gasteiger partial charge in [-0.25, -0.2) is 0 Å². The number of aliphatic hydroxyl groups excluding tert-OH is 4. The van der Waals surface area contributed by atoms with Gasteiger partial charge < -0.3 is 94.9 Å². The SMILES string of the molecule is CCCCCCC[C@@H]1CC(=O)N[C@@H](C(C)C)C(=O)N[C@H]([C@@H](O)C(C)C)C(=O)N[C@@H](C)C(=O)N[C@H](CC(C)C)C(=O)N[C@@H](CCC(N)=O)C(=O)N(C)[C@@H]([C@@H](C)CC)C(=O)N[C@H](CC(N)=O)C(=O)N[C@@H]([C@@H](C)O)C(=O)N2C[C@H](O)C[C@H]2C(=O)N[C@H](C(C)C)C(=O)N[C@@H]([C@@H](C)O)C(=O)N1. The van der Waals surface area contributed by atoms with E-state index in [0.29, 0.717) is 12.8 Å². The van der Waals surface area contributed by atoms with E-state index >= 15 is 0 Å². The molecule has 2 fully saturated rings. The molecule has 0 aliphatic carbocycles. The first-order chi connectivity index (χ1) is 44.7. The lowest BCUT2D eigenvalue weighted by atomic mass is 9.95. The molecule has 18 N–H and O–H groups in total. The third kappa shape index (κ3) is 26.4. The van der Waals surface area contributed by atoms with Crippen molar-refractivity contribution >= 4 is 82.7 Å². The molecule has 2 aliphatic rings. The Labute approximate surface area is 563 Å². The Kier molecular flexibility index (Phi) is 35.4. The fraction of sp³-hybridized carbons (Fsp3) is 0.781. The Hall–Kier alpha value is -7.58. The predicted octanol–water partition coefficient (Wildman–Crippen LogP) is -3.27. The molecule has 14 amide bonds. The molecule has 2 rings (SSSR count). The van der Waals surface area contributed by atoms with E-state index in [1.54, 1.807) is 69.2 Å². The minimum atomic E-state index is -1.95. The highest BCUT2D eigenvalue weighted by molar-refractivity contribution is 6.01. The van der Waals surface area contributed by atoms with Gasteiger partial charge in [-0.3, -0.25) is 67.1 Å². The summed E-state index contributed by atoms with van der Waals surface area (Å²) in [5.41, 5.74) is 11.1. The van der Waals surface area contributed by atoms with Gasteiger partial charge >= 0.3 is 0 Å². The van der Waals surface area contributed by atoms with E-state index in [1.807, 2.05) is 6.92 Å². The molecule has 0 aromatic carbocycles. The molecule has 0 saturated carbocycles. The Bertz CT molecular complexity index is 2700. The van der Waals surface area contributed by atoms with Gasteiger partial charge in [-0.1, -0.05) is 115 Å². The summed E-state index contributed by atoms with van der Waals surface area (Å²) in [6.07, 6.45) is -4.80. The van der Waals surface area contributed by atoms with Crippen LogP contribution < -0.4 is 64.6 Å². The maximum atomic E-state index is 14.7. The minimum absolute atomic E-state index is 0.0676. The number of hydrogen-bond donors (Lipinski definition) is 16. The number of hydrogen-bond acceptors (Lipinski definition) is 18. The van der Waals surface area contributed by atoms with Crippen molar-refractivity contribution in [3.63, 3.8) is 0 Å². The summed E-state index contributed by atoms with van der Waals surface area (Å²) in [7, 11) is 1.19. The summed E-state index contributed by atoms with van der Waals surface area (Å²) in [4.78, 5) is 199. The number of aliphatic hydroxyl groups is 4. The van der Waals surface area contributed by atoms with Crippen LogP contribution in [0.15, 0.2) is 0 Å². The van der Waals surface area contributed by atoms with E-state index < -0.39 is 242 Å². The maximum Gasteiger partial charge on any atom is 0.248 e. The maximum absolute atomic E-state index is 14.7. The smallest absolute Gasteiger partial charge is 0.248 e. The third-order valence-corrected chi connectivity index (χ3v) is 17.2. The quantitative estimate of drug-likeness (QED) is 0.0502. The van der Waals surface area contributed by atoms with Crippen LogP contribution in [0.3, 0.4) is 0 Å². The highest BCUT2D eigenvalue weighted by Crippen LogP contribution is 2.23. The number of carbonyl (C=O) groups is 14. The van der Waals surface area contributed by atoms with E-state index in [1.165, 1.54) is 20.9 Å². The van der Waals surface area contributed by atoms with E-state index in [-0.39, 0.29) is 25.2 Å². The van der Waals surface area contributed by atoms with Crippen molar-refractivity contribution in [1.82, 2.24) is 63.0 Å². The molecule has 0 spiro atoms. The second kappa shape index (κ2) is 40.2. The number of nitrogens with one attached hydrogen (secondary N) is 10. The van der Waals surface area contributed by atoms with Crippen LogP contribution in [0.1, 0.15) is 180 Å². The molecule has 32 heteroatoms. The topological polar surface area (TPSA) is 499 Å². The summed E-state index contributed by atoms with van der Waals surface area (Å²) in [6, 6.07) is -18.8. The van der Waals surface area contributed by atoms with E-state index in [0.717, 1.165) is 36.0 Å². The zero-order valence-corrected chi connectivity index (χ0v) is 58.6. The van der Waals surface area contributed by atoms with E-state index in [9.17, 15) is 87.5 Å². The number of carbonyl (C=O) groups excluding carboxylic acids is 14. The summed E-state index contributed by atoms with van der Waals surface area (Å²) in [5, 5.41) is 69.9. The third-order valence-electron chi connectivity index (χ3n) is 17.2. The van der Waals surface area contributed by atoms with Crippen LogP contribution in [0.4, 0.5) is 0 Å². The molecule has 546 valence electrons. The van der Waals surface area contributed by atoms with E-state index in [2.05, 4.69) is 53.2 Å². The molecule has 0 bridgehead atoms. The molecule has 2 aliphatic heterocycles. The standard InChI is InChI=1S/C64H112N14O18/c1-16-18-19-20-21-22-38-26-46(84)72-47(31(5)6)58(90)76-51(53(85)33(9)10)61(93)67-35(12)54(86)70-41(25-30(3)4)55(87)69-40(23-24-44(65)82)63(95)77(15)52(34(11)17-2)62(94)71-42(28-45(66)83)56(88)75-50(37(14)80)64(96)78-29-39(81)27-43(78)57(89)73-48(32(7)8)59(91)74-49(36(13)79)60(92)68-38/h30-43,47-53,79-81,85H,16-29H2,1-15H3,(H2,65,82)(H2,66,83)(H,67,93)(H,68,92)(H,69,87)(H,70,86)(H,71,94)(H,72,84)(H,73,89)(H,74,91)(H,75,88)(H,76,90)/t34-,35-,36+,37+,38+,39+,40-,41+,42+,43-,47-,48+,49-,50-,51+,52-,53-/m0/s1. The van der Waals surface area contributed by atoms with Gasteiger partial charge in [-0.05, 0) is 69.6 Å². The molecule has 0 aromatic heterocycles. The van der Waals surface area contributed by atoms with Gasteiger partial charge in [0.15, 0.2) is 0 Å². The average molecular weight is 1370 g/mol. The molecule has 96 heavy (non-hydrogen) atoms. The number of nitrogens with two attached hydrogens (primary N) is 2. The summed E-state index contributed by atoms with van der Waals surface area (Å²) >= 11 is 0. The number of primary amides is 2. The van der Waals surface area contributed by atoms with Crippen molar-refractivity contribution in [1.29, 1.82) is 0 Å². The lowest BCUT2D eigenvalue weighted by Crippen LogP contribution is -2.63. The van der Waals surface area contributed by atoms with Crippen LogP contribution in [-0.4, -0.2) is 223 Å². The van der Waals surface area contributed by atoms with Crippen molar-refractivity contribution in [3.05, 3.63) is 0 Å². The number of likely N-dealkylation sites (N-methyl/N-ethyl adjacent to an activating group) is 1. The van der Waals surface area contributed by atoms with Crippen molar-refractivity contribution < 1.29 is 87.5 Å². The van der Waals surface area contributed by atoms with Crippen LogP contribution in [0.25, 0.3) is 0 Å². The minimum Gasteiger partial charge on any atom is -0.391 e. The predicted molar refractivity (Wildman–Crippen MR) is 351 cm³/mol. The molecule has 2 heterocycles. The molecule has 2 saturated heterocycles. The molecular weight excluding hydrogens is 1250 g/mol. The first kappa shape index (κ1) is 84.5. The van der Waals surface area contributed by atoms with Gasteiger partial charge in [0.05, 0.1) is 30.8 Å². The zero-order valence-electron chi connectivity index (χ0n) is 58.6. The highest BCUT2D eigenvalue weighted by atomic mass is 16.3. The summed E-state index contributed by atoms with van der Waals surface area (Å²) in [5.74, 6) is -17.1. The van der Waals surface area contributed by atoms with Gasteiger partial charge in [0, 0.05) is 38.9 Å². The number of unbranched alkanes of at least 4 members (excludes halogenated alkanes) is 4. The van der Waals surface area contributed by atoms with Crippen molar-refractivity contribution in [2.45, 2.75) is 277 Å². The normalized spacial score (nSPS) is 28.3. The van der Waals surface area contributed by atoms with Crippen LogP contribution in [-0.2, 0) is 67.1 Å². The van der Waals surface area contributed by atoms with Crippen molar-refractivity contribution in [2.75, 3.05) is 13.6 Å². The largest absolute Gasteiger partial charge is 0.391 e.